The summed E-state index contributed by atoms with van der Waals surface area (Å²) in [6, 6.07) is 24.4. The van der Waals surface area contributed by atoms with Crippen molar-refractivity contribution in [3.8, 4) is 5.75 Å². The van der Waals surface area contributed by atoms with Gasteiger partial charge in [-0.3, -0.25) is 4.79 Å². The van der Waals surface area contributed by atoms with E-state index < -0.39 is 5.97 Å². The van der Waals surface area contributed by atoms with Crippen LogP contribution >= 0.6 is 11.3 Å². The summed E-state index contributed by atoms with van der Waals surface area (Å²) in [6.07, 6.45) is 0.661. The third kappa shape index (κ3) is 5.86. The van der Waals surface area contributed by atoms with Crippen LogP contribution in [0, 0.1) is 6.92 Å². The first-order valence-corrected chi connectivity index (χ1v) is 11.5. The van der Waals surface area contributed by atoms with Gasteiger partial charge in [-0.05, 0) is 54.3 Å². The molecule has 1 heterocycles. The van der Waals surface area contributed by atoms with E-state index in [0.717, 1.165) is 28.5 Å². The number of hydrogen-bond donors (Lipinski definition) is 1. The summed E-state index contributed by atoms with van der Waals surface area (Å²) in [7, 11) is 0. The maximum atomic E-state index is 10.7. The summed E-state index contributed by atoms with van der Waals surface area (Å²) in [5, 5.41) is 9.81. The smallest absolute Gasteiger partial charge is 0.303 e. The molecule has 0 amide bonds. The van der Waals surface area contributed by atoms with E-state index in [4.69, 9.17) is 14.8 Å². The summed E-state index contributed by atoms with van der Waals surface area (Å²) in [4.78, 5) is 17.9. The molecule has 1 N–H and O–H groups in total. The summed E-state index contributed by atoms with van der Waals surface area (Å²) < 4.78 is 7.18. The van der Waals surface area contributed by atoms with Gasteiger partial charge in [-0.25, -0.2) is 4.98 Å². The van der Waals surface area contributed by atoms with E-state index in [1.807, 2.05) is 30.3 Å². The molecule has 0 fully saturated rings. The number of fused-ring (bicyclic) bond motifs is 1. The van der Waals surface area contributed by atoms with Crippen LogP contribution in [0.25, 0.3) is 10.2 Å². The number of aromatic nitrogens is 1. The van der Waals surface area contributed by atoms with Crippen LogP contribution in [0.5, 0.6) is 5.75 Å². The first-order valence-electron chi connectivity index (χ1n) is 10.7. The number of rotatable bonds is 10. The molecule has 5 nitrogen and oxygen atoms in total. The van der Waals surface area contributed by atoms with Crippen LogP contribution in [0.3, 0.4) is 0 Å². The molecule has 32 heavy (non-hydrogen) atoms. The number of aryl methyl sites for hydroxylation is 2. The highest BCUT2D eigenvalue weighted by Gasteiger charge is 2.13. The summed E-state index contributed by atoms with van der Waals surface area (Å²) >= 11 is 1.71. The van der Waals surface area contributed by atoms with E-state index in [9.17, 15) is 4.79 Å². The molecule has 6 heteroatoms. The molecule has 0 unspecified atom stereocenters. The Labute approximate surface area is 191 Å². The zero-order valence-corrected chi connectivity index (χ0v) is 18.8. The Morgan fingerprint density at radius 3 is 2.56 bits per heavy atom. The summed E-state index contributed by atoms with van der Waals surface area (Å²) in [5.41, 5.74) is 4.48. The molecule has 4 rings (SSSR count). The average Bonchev–Trinajstić information content (AvgIpc) is 3.21. The lowest BCUT2D eigenvalue weighted by molar-refractivity contribution is -0.136. The maximum absolute atomic E-state index is 10.7. The lowest BCUT2D eigenvalue weighted by Gasteiger charge is -2.22. The van der Waals surface area contributed by atoms with Gasteiger partial charge in [-0.1, -0.05) is 59.9 Å². The fraction of sp³-hybridized carbons (Fsp3) is 0.231. The number of carbonyl (C=O) groups is 1. The van der Waals surface area contributed by atoms with Crippen molar-refractivity contribution in [1.82, 2.24) is 4.98 Å². The molecule has 0 saturated carbocycles. The molecule has 0 atom stereocenters. The van der Waals surface area contributed by atoms with Crippen LogP contribution in [0.1, 0.15) is 23.1 Å². The topological polar surface area (TPSA) is 62.7 Å². The van der Waals surface area contributed by atoms with Crippen LogP contribution in [-0.2, 0) is 17.8 Å². The van der Waals surface area contributed by atoms with Gasteiger partial charge in [-0.2, -0.15) is 0 Å². The first-order chi connectivity index (χ1) is 15.6. The van der Waals surface area contributed by atoms with Crippen molar-refractivity contribution in [2.45, 2.75) is 26.3 Å². The average molecular weight is 447 g/mol. The number of nitrogens with zero attached hydrogens (tertiary/aromatic N) is 2. The van der Waals surface area contributed by atoms with Gasteiger partial charge in [0.1, 0.15) is 12.4 Å². The maximum Gasteiger partial charge on any atom is 0.303 e. The Morgan fingerprint density at radius 1 is 1.03 bits per heavy atom. The minimum atomic E-state index is -0.783. The fourth-order valence-corrected chi connectivity index (χ4v) is 4.57. The minimum absolute atomic E-state index is 0.135. The highest BCUT2D eigenvalue weighted by molar-refractivity contribution is 7.22. The third-order valence-electron chi connectivity index (χ3n) is 5.20. The standard InChI is InChI=1S/C26H26N2O3S/c1-19-7-13-23-24(17-19)32-26(27-23)28(18-21-5-3-2-4-6-21)15-16-31-22-11-8-20(9-12-22)10-14-25(29)30/h2-9,11-13,17H,10,14-16,18H2,1H3,(H,29,30). The number of carboxylic acid groups (broad SMARTS) is 1. The van der Waals surface area contributed by atoms with Gasteiger partial charge >= 0.3 is 5.97 Å². The number of thiazole rings is 1. The molecule has 4 aromatic rings. The second kappa shape index (κ2) is 10.3. The number of aliphatic carboxylic acids is 1. The first kappa shape index (κ1) is 21.8. The largest absolute Gasteiger partial charge is 0.492 e. The Hall–Kier alpha value is -3.38. The van der Waals surface area contributed by atoms with E-state index in [-0.39, 0.29) is 6.42 Å². The molecule has 0 bridgehead atoms. The normalized spacial score (nSPS) is 10.9. The second-order valence-electron chi connectivity index (χ2n) is 7.76. The molecule has 0 saturated heterocycles. The van der Waals surface area contributed by atoms with E-state index in [2.05, 4.69) is 54.3 Å². The van der Waals surface area contributed by atoms with Gasteiger partial charge in [0.25, 0.3) is 0 Å². The predicted octanol–water partition coefficient (Wildman–Crippen LogP) is 5.71. The molecule has 0 aliphatic rings. The number of anilines is 1. The summed E-state index contributed by atoms with van der Waals surface area (Å²) in [6.45, 7) is 4.09. The van der Waals surface area contributed by atoms with Crippen molar-refractivity contribution in [1.29, 1.82) is 0 Å². The zero-order valence-electron chi connectivity index (χ0n) is 18.0. The molecular weight excluding hydrogens is 420 g/mol. The number of carboxylic acids is 1. The lowest BCUT2D eigenvalue weighted by atomic mass is 10.1. The Morgan fingerprint density at radius 2 is 1.81 bits per heavy atom. The highest BCUT2D eigenvalue weighted by Crippen LogP contribution is 2.30. The monoisotopic (exact) mass is 446 g/mol. The quantitative estimate of drug-likeness (QED) is 0.338. The SMILES string of the molecule is Cc1ccc2nc(N(CCOc3ccc(CCC(=O)O)cc3)Cc3ccccc3)sc2c1. The van der Waals surface area contributed by atoms with E-state index in [0.29, 0.717) is 19.6 Å². The number of benzene rings is 3. The lowest BCUT2D eigenvalue weighted by Crippen LogP contribution is -2.27. The highest BCUT2D eigenvalue weighted by atomic mass is 32.1. The minimum Gasteiger partial charge on any atom is -0.492 e. The van der Waals surface area contributed by atoms with E-state index in [1.165, 1.54) is 15.8 Å². The molecule has 0 radical (unpaired) electrons. The van der Waals surface area contributed by atoms with Gasteiger partial charge < -0.3 is 14.7 Å². The van der Waals surface area contributed by atoms with Crippen molar-refractivity contribution in [2.24, 2.45) is 0 Å². The molecule has 0 aliphatic heterocycles. The van der Waals surface area contributed by atoms with Gasteiger partial charge in [0.2, 0.25) is 0 Å². The fourth-order valence-electron chi connectivity index (χ4n) is 3.48. The van der Waals surface area contributed by atoms with Gasteiger partial charge in [-0.15, -0.1) is 0 Å². The van der Waals surface area contributed by atoms with Gasteiger partial charge in [0.15, 0.2) is 5.13 Å². The second-order valence-corrected chi connectivity index (χ2v) is 8.77. The Kier molecular flexibility index (Phi) is 7.02. The Bertz CT molecular complexity index is 1170. The van der Waals surface area contributed by atoms with Crippen LogP contribution in [0.4, 0.5) is 5.13 Å². The van der Waals surface area contributed by atoms with E-state index >= 15 is 0 Å². The van der Waals surface area contributed by atoms with Crippen molar-refractivity contribution >= 4 is 32.7 Å². The van der Waals surface area contributed by atoms with Crippen LogP contribution in [0.15, 0.2) is 72.8 Å². The molecular formula is C26H26N2O3S. The number of ether oxygens (including phenoxy) is 1. The van der Waals surface area contributed by atoms with Crippen molar-refractivity contribution in [3.05, 3.63) is 89.5 Å². The predicted molar refractivity (Wildman–Crippen MR) is 130 cm³/mol. The van der Waals surface area contributed by atoms with Crippen molar-refractivity contribution in [2.75, 3.05) is 18.1 Å². The van der Waals surface area contributed by atoms with Crippen molar-refractivity contribution in [3.63, 3.8) is 0 Å². The van der Waals surface area contributed by atoms with Gasteiger partial charge in [0, 0.05) is 13.0 Å². The molecule has 0 aliphatic carbocycles. The molecule has 3 aromatic carbocycles. The molecule has 164 valence electrons. The van der Waals surface area contributed by atoms with Crippen LogP contribution < -0.4 is 9.64 Å². The van der Waals surface area contributed by atoms with Crippen LogP contribution in [0.2, 0.25) is 0 Å². The van der Waals surface area contributed by atoms with E-state index in [1.54, 1.807) is 11.3 Å². The van der Waals surface area contributed by atoms with Crippen molar-refractivity contribution < 1.29 is 14.6 Å². The zero-order chi connectivity index (χ0) is 22.3. The van der Waals surface area contributed by atoms with Crippen LogP contribution in [-0.4, -0.2) is 29.2 Å². The number of hydrogen-bond acceptors (Lipinski definition) is 5. The Balaban J connectivity index is 1.43. The third-order valence-corrected chi connectivity index (χ3v) is 6.28. The summed E-state index contributed by atoms with van der Waals surface area (Å²) in [5.74, 6) is -0.00231. The molecule has 1 aromatic heterocycles. The molecule has 0 spiro atoms. The van der Waals surface area contributed by atoms with Gasteiger partial charge in [0.05, 0.1) is 16.8 Å².